The molecular formula is C14H13BrN2OS. The second kappa shape index (κ2) is 6.09. The first-order valence-corrected chi connectivity index (χ1v) is 7.40. The van der Waals surface area contributed by atoms with E-state index >= 15 is 0 Å². The molecule has 0 aliphatic rings. The zero-order valence-electron chi connectivity index (χ0n) is 10.6. The molecule has 1 heterocycles. The minimum absolute atomic E-state index is 0.163. The lowest BCUT2D eigenvalue weighted by molar-refractivity contribution is 0.416. The summed E-state index contributed by atoms with van der Waals surface area (Å²) >= 11 is 5.23. The van der Waals surface area contributed by atoms with E-state index in [4.69, 9.17) is 10.00 Å². The quantitative estimate of drug-likeness (QED) is 0.889. The SMILES string of the molecule is COc1cc(C#N)ccc1NC(C)c1sccc1Br. The molecule has 2 rings (SSSR count). The highest BCUT2D eigenvalue weighted by Gasteiger charge is 2.13. The molecule has 0 radical (unpaired) electrons. The Hall–Kier alpha value is -1.51. The van der Waals surface area contributed by atoms with Crippen molar-refractivity contribution in [1.82, 2.24) is 0 Å². The Morgan fingerprint density at radius 3 is 2.79 bits per heavy atom. The Morgan fingerprint density at radius 1 is 1.42 bits per heavy atom. The second-order valence-electron chi connectivity index (χ2n) is 4.03. The van der Waals surface area contributed by atoms with Gasteiger partial charge in [-0.2, -0.15) is 5.26 Å². The molecule has 3 nitrogen and oxygen atoms in total. The largest absolute Gasteiger partial charge is 0.495 e. The summed E-state index contributed by atoms with van der Waals surface area (Å²) in [4.78, 5) is 1.23. The summed E-state index contributed by atoms with van der Waals surface area (Å²) in [5, 5.41) is 14.3. The number of rotatable bonds is 4. The zero-order chi connectivity index (χ0) is 13.8. The molecule has 0 amide bonds. The summed E-state index contributed by atoms with van der Waals surface area (Å²) in [7, 11) is 1.60. The number of thiophene rings is 1. The van der Waals surface area contributed by atoms with Gasteiger partial charge in [-0.25, -0.2) is 0 Å². The summed E-state index contributed by atoms with van der Waals surface area (Å²) in [6, 6.07) is 9.69. The van der Waals surface area contributed by atoms with Gasteiger partial charge in [0.15, 0.2) is 0 Å². The van der Waals surface area contributed by atoms with Gasteiger partial charge in [0.25, 0.3) is 0 Å². The van der Waals surface area contributed by atoms with Crippen LogP contribution in [0.1, 0.15) is 23.4 Å². The predicted molar refractivity (Wildman–Crippen MR) is 81.8 cm³/mol. The Balaban J connectivity index is 2.24. The Morgan fingerprint density at radius 2 is 2.21 bits per heavy atom. The monoisotopic (exact) mass is 336 g/mol. The lowest BCUT2D eigenvalue weighted by Crippen LogP contribution is -2.06. The highest BCUT2D eigenvalue weighted by molar-refractivity contribution is 9.10. The first kappa shape index (κ1) is 13.9. The van der Waals surface area contributed by atoms with Crippen molar-refractivity contribution in [3.05, 3.63) is 44.6 Å². The molecule has 1 aromatic heterocycles. The maximum atomic E-state index is 8.89. The molecule has 19 heavy (non-hydrogen) atoms. The highest BCUT2D eigenvalue weighted by atomic mass is 79.9. The minimum atomic E-state index is 0.163. The van der Waals surface area contributed by atoms with Gasteiger partial charge < -0.3 is 10.1 Å². The number of ether oxygens (including phenoxy) is 1. The van der Waals surface area contributed by atoms with E-state index in [1.54, 1.807) is 30.6 Å². The fourth-order valence-electron chi connectivity index (χ4n) is 1.79. The van der Waals surface area contributed by atoms with E-state index in [1.165, 1.54) is 4.88 Å². The number of nitrogens with zero attached hydrogens (tertiary/aromatic N) is 1. The maximum absolute atomic E-state index is 8.89. The second-order valence-corrected chi connectivity index (χ2v) is 5.83. The Bertz CT molecular complexity index is 618. The number of anilines is 1. The van der Waals surface area contributed by atoms with Crippen LogP contribution < -0.4 is 10.1 Å². The molecule has 0 saturated heterocycles. The molecule has 1 aromatic carbocycles. The zero-order valence-corrected chi connectivity index (χ0v) is 13.0. The fraction of sp³-hybridized carbons (Fsp3) is 0.214. The van der Waals surface area contributed by atoms with Gasteiger partial charge in [0.05, 0.1) is 30.5 Å². The van der Waals surface area contributed by atoms with Crippen LogP contribution in [-0.2, 0) is 0 Å². The van der Waals surface area contributed by atoms with Gasteiger partial charge in [0, 0.05) is 15.4 Å². The van der Waals surface area contributed by atoms with Crippen LogP contribution in [0.15, 0.2) is 34.1 Å². The van der Waals surface area contributed by atoms with Crippen molar-refractivity contribution in [3.63, 3.8) is 0 Å². The number of nitrogens with one attached hydrogen (secondary N) is 1. The van der Waals surface area contributed by atoms with Gasteiger partial charge in [0.1, 0.15) is 5.75 Å². The first-order chi connectivity index (χ1) is 9.15. The van der Waals surface area contributed by atoms with E-state index in [2.05, 4.69) is 34.2 Å². The van der Waals surface area contributed by atoms with E-state index in [1.807, 2.05) is 17.5 Å². The third kappa shape index (κ3) is 3.09. The normalized spacial score (nSPS) is 11.7. The van der Waals surface area contributed by atoms with E-state index in [0.29, 0.717) is 11.3 Å². The van der Waals surface area contributed by atoms with Crippen LogP contribution in [0.4, 0.5) is 5.69 Å². The van der Waals surface area contributed by atoms with Gasteiger partial charge in [-0.05, 0) is 46.4 Å². The van der Waals surface area contributed by atoms with Crippen LogP contribution >= 0.6 is 27.3 Å². The van der Waals surface area contributed by atoms with Gasteiger partial charge in [0.2, 0.25) is 0 Å². The van der Waals surface area contributed by atoms with Crippen molar-refractivity contribution < 1.29 is 4.74 Å². The topological polar surface area (TPSA) is 45.0 Å². The number of nitriles is 1. The highest BCUT2D eigenvalue weighted by Crippen LogP contribution is 2.34. The third-order valence-electron chi connectivity index (χ3n) is 2.74. The molecule has 5 heteroatoms. The van der Waals surface area contributed by atoms with Gasteiger partial charge in [-0.1, -0.05) is 0 Å². The smallest absolute Gasteiger partial charge is 0.143 e. The van der Waals surface area contributed by atoms with Crippen molar-refractivity contribution in [2.45, 2.75) is 13.0 Å². The summed E-state index contributed by atoms with van der Waals surface area (Å²) in [6.45, 7) is 2.09. The van der Waals surface area contributed by atoms with Crippen LogP contribution in [-0.4, -0.2) is 7.11 Å². The predicted octanol–water partition coefficient (Wildman–Crippen LogP) is 4.56. The Labute approximate surface area is 125 Å². The molecule has 0 saturated carbocycles. The molecule has 1 atom stereocenters. The van der Waals surface area contributed by atoms with Crippen molar-refractivity contribution in [1.29, 1.82) is 5.26 Å². The molecule has 0 fully saturated rings. The van der Waals surface area contributed by atoms with E-state index in [9.17, 15) is 0 Å². The van der Waals surface area contributed by atoms with Gasteiger partial charge in [-0.3, -0.25) is 0 Å². The van der Waals surface area contributed by atoms with Gasteiger partial charge >= 0.3 is 0 Å². The third-order valence-corrected chi connectivity index (χ3v) is 4.79. The molecule has 1 unspecified atom stereocenters. The molecule has 2 aromatic rings. The molecule has 0 bridgehead atoms. The molecule has 0 spiro atoms. The van der Waals surface area contributed by atoms with Gasteiger partial charge in [-0.15, -0.1) is 11.3 Å². The van der Waals surface area contributed by atoms with Crippen molar-refractivity contribution in [2.75, 3.05) is 12.4 Å². The molecule has 0 aliphatic heterocycles. The minimum Gasteiger partial charge on any atom is -0.495 e. The summed E-state index contributed by atoms with van der Waals surface area (Å²) in [5.74, 6) is 0.679. The average molecular weight is 337 g/mol. The molecular weight excluding hydrogens is 324 g/mol. The fourth-order valence-corrected chi connectivity index (χ4v) is 3.52. The van der Waals surface area contributed by atoms with Crippen molar-refractivity contribution in [3.8, 4) is 11.8 Å². The molecule has 0 aliphatic carbocycles. The van der Waals surface area contributed by atoms with Crippen LogP contribution in [0.2, 0.25) is 0 Å². The lowest BCUT2D eigenvalue weighted by Gasteiger charge is -2.17. The number of benzene rings is 1. The molecule has 1 N–H and O–H groups in total. The molecule has 98 valence electrons. The lowest BCUT2D eigenvalue weighted by atomic mass is 10.2. The number of methoxy groups -OCH3 is 1. The van der Waals surface area contributed by atoms with Crippen LogP contribution in [0.5, 0.6) is 5.75 Å². The standard InChI is InChI=1S/C14H13BrN2OS/c1-9(14-11(15)5-6-19-14)17-12-4-3-10(8-16)7-13(12)18-2/h3-7,9,17H,1-2H3. The first-order valence-electron chi connectivity index (χ1n) is 5.73. The summed E-state index contributed by atoms with van der Waals surface area (Å²) in [6.07, 6.45) is 0. The number of halogens is 1. The maximum Gasteiger partial charge on any atom is 0.143 e. The van der Waals surface area contributed by atoms with Crippen molar-refractivity contribution in [2.24, 2.45) is 0 Å². The van der Waals surface area contributed by atoms with E-state index in [0.717, 1.165) is 10.2 Å². The average Bonchev–Trinajstić information content (AvgIpc) is 2.85. The van der Waals surface area contributed by atoms with Crippen LogP contribution in [0.3, 0.4) is 0 Å². The summed E-state index contributed by atoms with van der Waals surface area (Å²) < 4.78 is 6.42. The van der Waals surface area contributed by atoms with E-state index < -0.39 is 0 Å². The van der Waals surface area contributed by atoms with Crippen molar-refractivity contribution >= 4 is 33.0 Å². The number of hydrogen-bond donors (Lipinski definition) is 1. The number of hydrogen-bond acceptors (Lipinski definition) is 4. The van der Waals surface area contributed by atoms with Crippen LogP contribution in [0, 0.1) is 11.3 Å². The summed E-state index contributed by atoms with van der Waals surface area (Å²) in [5.41, 5.74) is 1.47. The van der Waals surface area contributed by atoms with E-state index in [-0.39, 0.29) is 6.04 Å². The van der Waals surface area contributed by atoms with Crippen LogP contribution in [0.25, 0.3) is 0 Å². The Kier molecular flexibility index (Phi) is 4.46.